The number of piperazine rings is 1. The predicted molar refractivity (Wildman–Crippen MR) is 88.4 cm³/mol. The molecule has 0 aliphatic carbocycles. The molecule has 1 aliphatic heterocycles. The summed E-state index contributed by atoms with van der Waals surface area (Å²) in [6.45, 7) is 8.33. The van der Waals surface area contributed by atoms with E-state index < -0.39 is 0 Å². The monoisotopic (exact) mass is 306 g/mol. The van der Waals surface area contributed by atoms with Crippen molar-refractivity contribution in [1.29, 1.82) is 0 Å². The van der Waals surface area contributed by atoms with E-state index in [1.54, 1.807) is 6.07 Å². The number of aromatic hydroxyl groups is 1. The molecule has 1 aromatic rings. The predicted octanol–water partition coefficient (Wildman–Crippen LogP) is 0.402. The Kier molecular flexibility index (Phi) is 6.07. The molecule has 1 aromatic carbocycles. The van der Waals surface area contributed by atoms with Gasteiger partial charge in [-0.05, 0) is 25.0 Å². The second-order valence-electron chi connectivity index (χ2n) is 5.98. The van der Waals surface area contributed by atoms with Gasteiger partial charge in [-0.3, -0.25) is 4.79 Å². The average Bonchev–Trinajstić information content (AvgIpc) is 2.54. The molecule has 0 bridgehead atoms. The van der Waals surface area contributed by atoms with Gasteiger partial charge in [0.2, 0.25) is 0 Å². The van der Waals surface area contributed by atoms with Gasteiger partial charge in [-0.1, -0.05) is 26.0 Å². The molecule has 1 heterocycles. The summed E-state index contributed by atoms with van der Waals surface area (Å²) in [6.07, 6.45) is 1.97. The zero-order valence-electron chi connectivity index (χ0n) is 13.6. The minimum Gasteiger partial charge on any atom is -0.506 e. The Hall–Kier alpha value is -1.75. The summed E-state index contributed by atoms with van der Waals surface area (Å²) in [7, 11) is 0. The average molecular weight is 306 g/mol. The van der Waals surface area contributed by atoms with E-state index in [9.17, 15) is 9.90 Å². The van der Waals surface area contributed by atoms with Gasteiger partial charge in [-0.2, -0.15) is 0 Å². The van der Waals surface area contributed by atoms with Crippen LogP contribution in [0.15, 0.2) is 24.3 Å². The van der Waals surface area contributed by atoms with Crippen molar-refractivity contribution in [1.82, 2.24) is 5.32 Å². The normalized spacial score (nSPS) is 16.0. The third kappa shape index (κ3) is 4.37. The van der Waals surface area contributed by atoms with Crippen molar-refractivity contribution in [3.05, 3.63) is 24.3 Å². The molecule has 1 fully saturated rings. The van der Waals surface area contributed by atoms with Crippen LogP contribution in [0.3, 0.4) is 0 Å². The number of benzene rings is 1. The first-order chi connectivity index (χ1) is 10.6. The van der Waals surface area contributed by atoms with Gasteiger partial charge in [0, 0.05) is 6.04 Å². The third-order valence-corrected chi connectivity index (χ3v) is 4.45. The molecular weight excluding hydrogens is 278 g/mol. The van der Waals surface area contributed by atoms with Crippen molar-refractivity contribution in [2.45, 2.75) is 32.7 Å². The molecular formula is C17H28N3O2+. The van der Waals surface area contributed by atoms with E-state index in [-0.39, 0.29) is 5.91 Å². The number of quaternary nitrogens is 1. The lowest BCUT2D eigenvalue weighted by atomic mass is 10.2. The molecule has 5 nitrogen and oxygen atoms in total. The van der Waals surface area contributed by atoms with E-state index >= 15 is 0 Å². The van der Waals surface area contributed by atoms with Crippen molar-refractivity contribution in [2.24, 2.45) is 0 Å². The Morgan fingerprint density at radius 1 is 1.27 bits per heavy atom. The summed E-state index contributed by atoms with van der Waals surface area (Å²) in [4.78, 5) is 15.6. The van der Waals surface area contributed by atoms with Crippen LogP contribution in [0.25, 0.3) is 0 Å². The van der Waals surface area contributed by atoms with Crippen LogP contribution in [0.4, 0.5) is 5.69 Å². The molecule has 3 N–H and O–H groups in total. The number of carbonyl (C=O) groups excluding carboxylic acids is 1. The topological polar surface area (TPSA) is 57.0 Å². The highest BCUT2D eigenvalue weighted by Crippen LogP contribution is 2.25. The van der Waals surface area contributed by atoms with Crippen LogP contribution >= 0.6 is 0 Å². The minimum absolute atomic E-state index is 0.153. The number of phenols is 1. The van der Waals surface area contributed by atoms with Crippen molar-refractivity contribution < 1.29 is 14.8 Å². The fourth-order valence-electron chi connectivity index (χ4n) is 2.97. The first-order valence-corrected chi connectivity index (χ1v) is 8.29. The molecule has 1 aliphatic rings. The summed E-state index contributed by atoms with van der Waals surface area (Å²) in [5, 5.41) is 13.0. The quantitative estimate of drug-likeness (QED) is 0.713. The number of hydrogen-bond acceptors (Lipinski definition) is 3. The maximum absolute atomic E-state index is 12.1. The van der Waals surface area contributed by atoms with E-state index in [1.165, 1.54) is 4.90 Å². The molecule has 5 heteroatoms. The Bertz CT molecular complexity index is 481. The van der Waals surface area contributed by atoms with Gasteiger partial charge in [-0.25, -0.2) is 0 Å². The standard InChI is InChI=1S/C17H27N3O2/c1-3-14(4-2)18-17(22)13-19-9-11-20(12-10-19)15-7-5-6-8-16(15)21/h5-8,14,21H,3-4,9-13H2,1-2H3,(H,18,22)/p+1. The zero-order valence-corrected chi connectivity index (χ0v) is 13.6. The van der Waals surface area contributed by atoms with Crippen LogP contribution in [-0.4, -0.2) is 49.8 Å². The van der Waals surface area contributed by atoms with E-state index in [1.807, 2.05) is 18.2 Å². The second-order valence-corrected chi connectivity index (χ2v) is 5.98. The Balaban J connectivity index is 1.80. The highest BCUT2D eigenvalue weighted by molar-refractivity contribution is 5.77. The lowest BCUT2D eigenvalue weighted by Gasteiger charge is -2.33. The van der Waals surface area contributed by atoms with Crippen molar-refractivity contribution in [3.63, 3.8) is 0 Å². The van der Waals surface area contributed by atoms with Crippen LogP contribution in [0.5, 0.6) is 5.75 Å². The molecule has 1 amide bonds. The summed E-state index contributed by atoms with van der Waals surface area (Å²) < 4.78 is 0. The van der Waals surface area contributed by atoms with Gasteiger partial charge in [0.1, 0.15) is 5.75 Å². The van der Waals surface area contributed by atoms with Crippen LogP contribution in [0.1, 0.15) is 26.7 Å². The first kappa shape index (κ1) is 16.6. The van der Waals surface area contributed by atoms with E-state index in [4.69, 9.17) is 0 Å². The molecule has 1 saturated heterocycles. The summed E-state index contributed by atoms with van der Waals surface area (Å²) in [5.74, 6) is 0.483. The number of anilines is 1. The zero-order chi connectivity index (χ0) is 15.9. The van der Waals surface area contributed by atoms with Gasteiger partial charge in [0.25, 0.3) is 5.91 Å². The highest BCUT2D eigenvalue weighted by atomic mass is 16.3. The van der Waals surface area contributed by atoms with Gasteiger partial charge in [-0.15, -0.1) is 0 Å². The molecule has 0 unspecified atom stereocenters. The van der Waals surface area contributed by atoms with Crippen LogP contribution < -0.4 is 15.1 Å². The fourth-order valence-corrected chi connectivity index (χ4v) is 2.97. The van der Waals surface area contributed by atoms with Crippen molar-refractivity contribution >= 4 is 11.6 Å². The molecule has 0 spiro atoms. The maximum Gasteiger partial charge on any atom is 0.275 e. The molecule has 122 valence electrons. The molecule has 22 heavy (non-hydrogen) atoms. The fraction of sp³-hybridized carbons (Fsp3) is 0.588. The van der Waals surface area contributed by atoms with Crippen molar-refractivity contribution in [3.8, 4) is 5.75 Å². The summed E-state index contributed by atoms with van der Waals surface area (Å²) in [5.41, 5.74) is 0.892. The lowest BCUT2D eigenvalue weighted by molar-refractivity contribution is -0.892. The largest absolute Gasteiger partial charge is 0.506 e. The van der Waals surface area contributed by atoms with E-state index in [0.29, 0.717) is 18.3 Å². The molecule has 0 aromatic heterocycles. The second kappa shape index (κ2) is 8.03. The molecule has 0 radical (unpaired) electrons. The first-order valence-electron chi connectivity index (χ1n) is 8.29. The Morgan fingerprint density at radius 3 is 2.50 bits per heavy atom. The lowest BCUT2D eigenvalue weighted by Crippen LogP contribution is -3.16. The van der Waals surface area contributed by atoms with E-state index in [0.717, 1.165) is 44.7 Å². The minimum atomic E-state index is 0.153. The number of para-hydroxylation sites is 2. The van der Waals surface area contributed by atoms with Crippen LogP contribution in [-0.2, 0) is 4.79 Å². The number of carbonyl (C=O) groups is 1. The Labute approximate surface area is 132 Å². The SMILES string of the molecule is CCC(CC)NC(=O)C[NH+]1CCN(c2ccccc2O)CC1. The van der Waals surface area contributed by atoms with Crippen LogP contribution in [0, 0.1) is 0 Å². The van der Waals surface area contributed by atoms with Crippen LogP contribution in [0.2, 0.25) is 0 Å². The number of hydrogen-bond donors (Lipinski definition) is 3. The summed E-state index contributed by atoms with van der Waals surface area (Å²) in [6, 6.07) is 7.74. The maximum atomic E-state index is 12.1. The van der Waals surface area contributed by atoms with Gasteiger partial charge in [0.05, 0.1) is 31.9 Å². The number of nitrogens with one attached hydrogen (secondary N) is 2. The molecule has 2 rings (SSSR count). The van der Waals surface area contributed by atoms with E-state index in [2.05, 4.69) is 24.1 Å². The Morgan fingerprint density at radius 2 is 1.91 bits per heavy atom. The molecule has 0 saturated carbocycles. The summed E-state index contributed by atoms with van der Waals surface area (Å²) >= 11 is 0. The number of nitrogens with zero attached hydrogens (tertiary/aromatic N) is 1. The molecule has 0 atom stereocenters. The van der Waals surface area contributed by atoms with Crippen molar-refractivity contribution in [2.75, 3.05) is 37.6 Å². The van der Waals surface area contributed by atoms with Gasteiger partial charge < -0.3 is 20.2 Å². The number of amides is 1. The smallest absolute Gasteiger partial charge is 0.275 e. The number of rotatable bonds is 6. The van der Waals surface area contributed by atoms with Gasteiger partial charge in [0.15, 0.2) is 6.54 Å². The number of phenolic OH excluding ortho intramolecular Hbond substituents is 1. The van der Waals surface area contributed by atoms with Gasteiger partial charge >= 0.3 is 0 Å². The highest BCUT2D eigenvalue weighted by Gasteiger charge is 2.24. The third-order valence-electron chi connectivity index (χ3n) is 4.45.